The van der Waals surface area contributed by atoms with Crippen LogP contribution in [0.3, 0.4) is 0 Å². The molecular formula is C19H12BrClN2OS. The smallest absolute Gasteiger partial charge is 0.173 e. The predicted molar refractivity (Wildman–Crippen MR) is 108 cm³/mol. The zero-order valence-electron chi connectivity index (χ0n) is 12.9. The van der Waals surface area contributed by atoms with E-state index in [1.165, 1.54) is 11.8 Å². The molecule has 0 fully saturated rings. The van der Waals surface area contributed by atoms with Gasteiger partial charge in [-0.2, -0.15) is 0 Å². The zero-order chi connectivity index (χ0) is 17.4. The van der Waals surface area contributed by atoms with Gasteiger partial charge in [-0.1, -0.05) is 33.6 Å². The third kappa shape index (κ3) is 3.45. The van der Waals surface area contributed by atoms with Crippen LogP contribution in [-0.4, -0.2) is 21.5 Å². The second-order valence-corrected chi connectivity index (χ2v) is 8.01. The molecule has 4 aromatic rings. The van der Waals surface area contributed by atoms with E-state index in [1.54, 1.807) is 6.20 Å². The van der Waals surface area contributed by atoms with Crippen molar-refractivity contribution < 1.29 is 4.79 Å². The van der Waals surface area contributed by atoms with E-state index in [2.05, 4.69) is 25.9 Å². The lowest BCUT2D eigenvalue weighted by molar-refractivity contribution is 0.102. The molecule has 0 unspecified atom stereocenters. The lowest BCUT2D eigenvalue weighted by Crippen LogP contribution is -2.01. The Labute approximate surface area is 161 Å². The van der Waals surface area contributed by atoms with E-state index >= 15 is 0 Å². The summed E-state index contributed by atoms with van der Waals surface area (Å²) < 4.78 is 1.01. The van der Waals surface area contributed by atoms with Gasteiger partial charge in [0.1, 0.15) is 5.65 Å². The van der Waals surface area contributed by atoms with Crippen LogP contribution in [-0.2, 0) is 0 Å². The van der Waals surface area contributed by atoms with Crippen LogP contribution in [0, 0.1) is 0 Å². The van der Waals surface area contributed by atoms with E-state index < -0.39 is 0 Å². The van der Waals surface area contributed by atoms with Gasteiger partial charge in [0, 0.05) is 37.4 Å². The Bertz CT molecular complexity index is 1110. The minimum absolute atomic E-state index is 0.0937. The Morgan fingerprint density at radius 1 is 1.16 bits per heavy atom. The molecule has 0 bridgehead atoms. The number of Topliss-reactive ketones (excluding diaryl/α,β-unsaturated/α-hetero) is 1. The van der Waals surface area contributed by atoms with Crippen LogP contribution in [0.1, 0.15) is 10.4 Å². The first kappa shape index (κ1) is 16.6. The highest BCUT2D eigenvalue weighted by Crippen LogP contribution is 2.28. The fraction of sp³-hybridized carbons (Fsp3) is 0.0526. The van der Waals surface area contributed by atoms with Crippen molar-refractivity contribution >= 4 is 67.0 Å². The highest BCUT2D eigenvalue weighted by atomic mass is 79.9. The Balaban J connectivity index is 1.63. The van der Waals surface area contributed by atoms with E-state index in [0.717, 1.165) is 31.3 Å². The SMILES string of the molecule is O=C(CSc1cccc(Br)c1)c1ccc2[nH]c3ncc(Cl)cc3c2c1. The maximum atomic E-state index is 12.6. The van der Waals surface area contributed by atoms with Gasteiger partial charge < -0.3 is 4.98 Å². The normalized spacial score (nSPS) is 11.3. The van der Waals surface area contributed by atoms with Gasteiger partial charge in [-0.3, -0.25) is 4.79 Å². The minimum Gasteiger partial charge on any atom is -0.339 e. The van der Waals surface area contributed by atoms with E-state index in [-0.39, 0.29) is 5.78 Å². The molecule has 0 saturated carbocycles. The Hall–Kier alpha value is -1.82. The molecule has 0 spiro atoms. The summed E-state index contributed by atoms with van der Waals surface area (Å²) >= 11 is 11.0. The topological polar surface area (TPSA) is 45.8 Å². The number of aromatic amines is 1. The largest absolute Gasteiger partial charge is 0.339 e. The standard InChI is InChI=1S/C19H12BrClN2OS/c20-12-2-1-3-14(7-12)25-10-18(24)11-4-5-17-15(6-11)16-8-13(21)9-22-19(16)23-17/h1-9H,10H2,(H,22,23). The summed E-state index contributed by atoms with van der Waals surface area (Å²) in [6.07, 6.45) is 1.61. The van der Waals surface area contributed by atoms with Gasteiger partial charge >= 0.3 is 0 Å². The van der Waals surface area contributed by atoms with Crippen LogP contribution < -0.4 is 0 Å². The zero-order valence-corrected chi connectivity index (χ0v) is 16.1. The van der Waals surface area contributed by atoms with E-state index in [4.69, 9.17) is 11.6 Å². The number of carbonyl (C=O) groups is 1. The maximum absolute atomic E-state index is 12.6. The molecule has 0 aliphatic rings. The van der Waals surface area contributed by atoms with Gasteiger partial charge in [0.25, 0.3) is 0 Å². The summed E-state index contributed by atoms with van der Waals surface area (Å²) in [7, 11) is 0. The summed E-state index contributed by atoms with van der Waals surface area (Å²) in [6, 6.07) is 15.5. The van der Waals surface area contributed by atoms with Crippen molar-refractivity contribution in [1.29, 1.82) is 0 Å². The third-order valence-corrected chi connectivity index (χ3v) is 5.60. The highest BCUT2D eigenvalue weighted by molar-refractivity contribution is 9.10. The number of fused-ring (bicyclic) bond motifs is 3. The molecule has 25 heavy (non-hydrogen) atoms. The summed E-state index contributed by atoms with van der Waals surface area (Å²) in [5, 5.41) is 2.47. The van der Waals surface area contributed by atoms with Crippen molar-refractivity contribution in [3.05, 3.63) is 69.8 Å². The number of carbonyl (C=O) groups excluding carboxylic acids is 1. The van der Waals surface area contributed by atoms with Crippen LogP contribution in [0.2, 0.25) is 5.02 Å². The molecule has 1 N–H and O–H groups in total. The van der Waals surface area contributed by atoms with Gasteiger partial charge in [-0.15, -0.1) is 11.8 Å². The van der Waals surface area contributed by atoms with Crippen LogP contribution >= 0.6 is 39.3 Å². The van der Waals surface area contributed by atoms with Crippen molar-refractivity contribution in [3.63, 3.8) is 0 Å². The van der Waals surface area contributed by atoms with Crippen LogP contribution in [0.5, 0.6) is 0 Å². The molecule has 6 heteroatoms. The molecule has 0 radical (unpaired) electrons. The van der Waals surface area contributed by atoms with E-state index in [1.807, 2.05) is 48.5 Å². The molecule has 0 saturated heterocycles. The number of hydrogen-bond acceptors (Lipinski definition) is 3. The quantitative estimate of drug-likeness (QED) is 0.313. The third-order valence-electron chi connectivity index (χ3n) is 3.91. The fourth-order valence-corrected chi connectivity index (χ4v) is 4.27. The molecule has 2 aromatic carbocycles. The number of H-pyrrole nitrogens is 1. The first-order valence-corrected chi connectivity index (χ1v) is 9.74. The minimum atomic E-state index is 0.0937. The number of ketones is 1. The van der Waals surface area contributed by atoms with Crippen molar-refractivity contribution in [1.82, 2.24) is 9.97 Å². The number of nitrogens with zero attached hydrogens (tertiary/aromatic N) is 1. The molecule has 3 nitrogen and oxygen atoms in total. The monoisotopic (exact) mass is 430 g/mol. The number of halogens is 2. The highest BCUT2D eigenvalue weighted by Gasteiger charge is 2.11. The first-order valence-electron chi connectivity index (χ1n) is 7.59. The van der Waals surface area contributed by atoms with Crippen molar-refractivity contribution in [3.8, 4) is 0 Å². The van der Waals surface area contributed by atoms with Crippen molar-refractivity contribution in [2.24, 2.45) is 0 Å². The molecule has 124 valence electrons. The molecule has 2 heterocycles. The maximum Gasteiger partial charge on any atom is 0.173 e. The average Bonchev–Trinajstić information content (AvgIpc) is 2.97. The number of hydrogen-bond donors (Lipinski definition) is 1. The van der Waals surface area contributed by atoms with Crippen LogP contribution in [0.15, 0.2) is 64.1 Å². The van der Waals surface area contributed by atoms with E-state index in [9.17, 15) is 4.79 Å². The summed E-state index contributed by atoms with van der Waals surface area (Å²) in [5.74, 6) is 0.486. The molecule has 0 amide bonds. The number of pyridine rings is 1. The van der Waals surface area contributed by atoms with Crippen molar-refractivity contribution in [2.45, 2.75) is 4.90 Å². The van der Waals surface area contributed by atoms with E-state index in [0.29, 0.717) is 16.3 Å². The van der Waals surface area contributed by atoms with Crippen LogP contribution in [0.4, 0.5) is 0 Å². The molecular weight excluding hydrogens is 420 g/mol. The second-order valence-electron chi connectivity index (χ2n) is 5.60. The summed E-state index contributed by atoms with van der Waals surface area (Å²) in [5.41, 5.74) is 2.41. The molecule has 2 aromatic heterocycles. The van der Waals surface area contributed by atoms with Gasteiger partial charge in [0.15, 0.2) is 5.78 Å². The molecule has 0 aliphatic heterocycles. The lowest BCUT2D eigenvalue weighted by Gasteiger charge is -2.03. The number of aromatic nitrogens is 2. The molecule has 0 aliphatic carbocycles. The Kier molecular flexibility index (Phi) is 4.54. The average molecular weight is 432 g/mol. The summed E-state index contributed by atoms with van der Waals surface area (Å²) in [6.45, 7) is 0. The number of rotatable bonds is 4. The van der Waals surface area contributed by atoms with Gasteiger partial charge in [0.05, 0.1) is 10.8 Å². The number of benzene rings is 2. The molecule has 0 atom stereocenters. The van der Waals surface area contributed by atoms with Crippen LogP contribution in [0.25, 0.3) is 21.9 Å². The summed E-state index contributed by atoms with van der Waals surface area (Å²) in [4.78, 5) is 21.2. The van der Waals surface area contributed by atoms with Gasteiger partial charge in [-0.25, -0.2) is 4.98 Å². The number of nitrogens with one attached hydrogen (secondary N) is 1. The Morgan fingerprint density at radius 3 is 2.88 bits per heavy atom. The Morgan fingerprint density at radius 2 is 2.04 bits per heavy atom. The van der Waals surface area contributed by atoms with Gasteiger partial charge in [-0.05, 0) is 42.5 Å². The number of thioether (sulfide) groups is 1. The first-order chi connectivity index (χ1) is 12.1. The second kappa shape index (κ2) is 6.83. The molecule has 4 rings (SSSR count). The predicted octanol–water partition coefficient (Wildman–Crippen LogP) is 6.11. The van der Waals surface area contributed by atoms with Crippen molar-refractivity contribution in [2.75, 3.05) is 5.75 Å². The van der Waals surface area contributed by atoms with Gasteiger partial charge in [0.2, 0.25) is 0 Å². The fourth-order valence-electron chi connectivity index (χ4n) is 2.71. The lowest BCUT2D eigenvalue weighted by atomic mass is 10.1.